The van der Waals surface area contributed by atoms with Crippen LogP contribution in [0.4, 0.5) is 4.39 Å². The highest BCUT2D eigenvalue weighted by Gasteiger charge is 2.65. The third kappa shape index (κ3) is 7.00. The molecule has 48 heavy (non-hydrogen) atoms. The van der Waals surface area contributed by atoms with Crippen molar-refractivity contribution < 1.29 is 31.1 Å². The van der Waals surface area contributed by atoms with Crippen molar-refractivity contribution in [3.8, 4) is 6.07 Å². The highest BCUT2D eigenvalue weighted by Crippen LogP contribution is 2.56. The number of fused-ring (bicyclic) bond motifs is 2. The Morgan fingerprint density at radius 3 is 2.23 bits per heavy atom. The molecule has 0 spiro atoms. The quantitative estimate of drug-likeness (QED) is 0.129. The van der Waals surface area contributed by atoms with Crippen LogP contribution in [-0.4, -0.2) is 80.4 Å². The fourth-order valence-corrected chi connectivity index (χ4v) is 20.2. The lowest BCUT2D eigenvalue weighted by molar-refractivity contribution is -0.101. The second-order valence-corrected chi connectivity index (χ2v) is 24.8. The van der Waals surface area contributed by atoms with Gasteiger partial charge in [0.25, 0.3) is 14.1 Å². The zero-order valence-corrected chi connectivity index (χ0v) is 33.5. The molecular weight excluding hydrogens is 673 g/mol. The van der Waals surface area contributed by atoms with E-state index in [1.54, 1.807) is 4.57 Å². The summed E-state index contributed by atoms with van der Waals surface area (Å²) in [5.74, 6) is -0.745. The van der Waals surface area contributed by atoms with Crippen molar-refractivity contribution >= 4 is 36.7 Å². The van der Waals surface area contributed by atoms with Crippen LogP contribution in [0.25, 0.3) is 11.0 Å². The SMILES string of the molecule is CC(C)N(C(C)C)P(OCCC#N)O[C@]1(n2cc(F)c3c(=O)[nH]cnc32)COC2CO[Si](C(C)C)(C(C)C)O[Si](C(C)C)(C(C)C)O[C@H]21. The first kappa shape index (κ1) is 39.2. The lowest BCUT2D eigenvalue weighted by Gasteiger charge is -2.53. The molecule has 16 heteroatoms. The van der Waals surface area contributed by atoms with Crippen LogP contribution in [0.5, 0.6) is 0 Å². The molecule has 0 bridgehead atoms. The molecule has 0 saturated carbocycles. The number of nitrogens with one attached hydrogen (secondary N) is 1. The summed E-state index contributed by atoms with van der Waals surface area (Å²) in [6, 6.07) is 2.12. The van der Waals surface area contributed by atoms with Crippen molar-refractivity contribution in [3.63, 3.8) is 0 Å². The molecule has 2 fully saturated rings. The summed E-state index contributed by atoms with van der Waals surface area (Å²) in [5.41, 5.74) is -1.81. The molecule has 2 aromatic heterocycles. The Kier molecular flexibility index (Phi) is 12.5. The van der Waals surface area contributed by atoms with E-state index in [1.165, 1.54) is 12.5 Å². The molecule has 2 aliphatic rings. The van der Waals surface area contributed by atoms with Crippen LogP contribution in [0.1, 0.15) is 89.5 Å². The fourth-order valence-electron chi connectivity index (χ4n) is 7.18. The van der Waals surface area contributed by atoms with Gasteiger partial charge in [-0.15, -0.1) is 0 Å². The standard InChI is InChI=1S/C32H55FN5O7PSi2/c1-20(2)38(21(3)4)46(41-15-13-14-34)44-32(37-16-26(33)28-30(37)35-19-36-31(28)39)18-40-27-17-42-47(22(5)6,23(7)8)45-48(24(9)10,25(11)12)43-29(27)32/h16,19-25,27,29H,13,15,17-18H2,1-12H3,(H,35,36,39)/t27?,29-,32-,46?/m1/s1. The second kappa shape index (κ2) is 15.3. The Hall–Kier alpha value is -1.58. The van der Waals surface area contributed by atoms with Gasteiger partial charge in [-0.25, -0.2) is 14.0 Å². The maximum Gasteiger partial charge on any atom is 0.335 e. The van der Waals surface area contributed by atoms with E-state index >= 15 is 4.39 Å². The highest BCUT2D eigenvalue weighted by molar-refractivity contribution is 7.44. The van der Waals surface area contributed by atoms with Gasteiger partial charge in [-0.05, 0) is 49.9 Å². The average Bonchev–Trinajstić information content (AvgIpc) is 3.50. The van der Waals surface area contributed by atoms with E-state index in [2.05, 4.69) is 76.1 Å². The molecule has 0 aromatic carbocycles. The highest BCUT2D eigenvalue weighted by atomic mass is 31.2. The van der Waals surface area contributed by atoms with E-state index in [1.807, 2.05) is 27.7 Å². The zero-order chi connectivity index (χ0) is 35.8. The Bertz CT molecular complexity index is 1480. The summed E-state index contributed by atoms with van der Waals surface area (Å²) in [6.07, 6.45) is 1.18. The molecule has 4 atom stereocenters. The monoisotopic (exact) mass is 727 g/mol. The maximum atomic E-state index is 15.8. The summed E-state index contributed by atoms with van der Waals surface area (Å²) in [5, 5.41) is 9.18. The van der Waals surface area contributed by atoms with Crippen molar-refractivity contribution in [1.29, 1.82) is 5.26 Å². The molecule has 0 radical (unpaired) electrons. The van der Waals surface area contributed by atoms with Crippen molar-refractivity contribution in [1.82, 2.24) is 19.2 Å². The van der Waals surface area contributed by atoms with E-state index in [0.29, 0.717) is 0 Å². The van der Waals surface area contributed by atoms with Crippen LogP contribution in [0.15, 0.2) is 17.3 Å². The normalized spacial score (nSPS) is 25.1. The first-order valence-electron chi connectivity index (χ1n) is 17.1. The maximum absolute atomic E-state index is 15.8. The predicted octanol–water partition coefficient (Wildman–Crippen LogP) is 7.16. The average molecular weight is 728 g/mol. The minimum atomic E-state index is -3.22. The Morgan fingerprint density at radius 2 is 1.69 bits per heavy atom. The smallest absolute Gasteiger partial charge is 0.335 e. The van der Waals surface area contributed by atoms with Crippen LogP contribution < -0.4 is 5.56 Å². The molecule has 2 saturated heterocycles. The van der Waals surface area contributed by atoms with E-state index in [9.17, 15) is 10.1 Å². The fraction of sp³-hybridized carbons (Fsp3) is 0.781. The van der Waals surface area contributed by atoms with Crippen LogP contribution in [0, 0.1) is 17.1 Å². The van der Waals surface area contributed by atoms with Crippen LogP contribution in [-0.2, 0) is 32.5 Å². The summed E-state index contributed by atoms with van der Waals surface area (Å²) < 4.78 is 61.7. The van der Waals surface area contributed by atoms with Gasteiger partial charge < -0.3 is 27.2 Å². The largest absolute Gasteiger partial charge is 0.414 e. The third-order valence-corrected chi connectivity index (χ3v) is 21.9. The van der Waals surface area contributed by atoms with Crippen LogP contribution in [0.2, 0.25) is 22.2 Å². The molecule has 1 N–H and O–H groups in total. The number of nitriles is 1. The van der Waals surface area contributed by atoms with Gasteiger partial charge in [-0.2, -0.15) is 5.26 Å². The van der Waals surface area contributed by atoms with Crippen molar-refractivity contribution in [2.24, 2.45) is 0 Å². The van der Waals surface area contributed by atoms with E-state index in [4.69, 9.17) is 26.8 Å². The van der Waals surface area contributed by atoms with Crippen LogP contribution >= 0.6 is 8.53 Å². The first-order chi connectivity index (χ1) is 22.5. The topological polar surface area (TPSA) is 133 Å². The van der Waals surface area contributed by atoms with Gasteiger partial charge in [0.1, 0.15) is 17.6 Å². The number of H-pyrrole nitrogens is 1. The number of rotatable bonds is 13. The van der Waals surface area contributed by atoms with Gasteiger partial charge in [-0.3, -0.25) is 13.9 Å². The van der Waals surface area contributed by atoms with E-state index < -0.39 is 55.0 Å². The number of aromatic amines is 1. The summed E-state index contributed by atoms with van der Waals surface area (Å²) >= 11 is 0. The van der Waals surface area contributed by atoms with Gasteiger partial charge in [0, 0.05) is 18.3 Å². The van der Waals surface area contributed by atoms with Crippen molar-refractivity contribution in [2.45, 2.75) is 142 Å². The Balaban J connectivity index is 2.02. The van der Waals surface area contributed by atoms with Crippen molar-refractivity contribution in [3.05, 3.63) is 28.7 Å². The molecule has 2 aliphatic heterocycles. The predicted molar refractivity (Wildman–Crippen MR) is 188 cm³/mol. The number of hydrogen-bond acceptors (Lipinski definition) is 10. The molecule has 0 aliphatic carbocycles. The Morgan fingerprint density at radius 1 is 1.08 bits per heavy atom. The number of halogens is 1. The molecule has 12 nitrogen and oxygen atoms in total. The van der Waals surface area contributed by atoms with Crippen LogP contribution in [0.3, 0.4) is 0 Å². The van der Waals surface area contributed by atoms with Gasteiger partial charge in [0.15, 0.2) is 11.5 Å². The minimum absolute atomic E-state index is 0.00199. The molecule has 2 aromatic rings. The van der Waals surface area contributed by atoms with E-state index in [-0.39, 0.29) is 71.5 Å². The lowest BCUT2D eigenvalue weighted by atomic mass is 10.1. The molecule has 4 heterocycles. The number of nitrogens with zero attached hydrogens (tertiary/aromatic N) is 4. The number of aromatic nitrogens is 3. The summed E-state index contributed by atoms with van der Waals surface area (Å²) in [7, 11) is -8.00. The first-order valence-corrected chi connectivity index (χ1v) is 22.2. The molecule has 270 valence electrons. The minimum Gasteiger partial charge on any atom is -0.414 e. The number of ether oxygens (including phenoxy) is 1. The zero-order valence-electron chi connectivity index (χ0n) is 30.6. The lowest BCUT2D eigenvalue weighted by Crippen LogP contribution is -2.67. The second-order valence-electron chi connectivity index (χ2n) is 14.6. The molecule has 0 amide bonds. The summed E-state index contributed by atoms with van der Waals surface area (Å²) in [4.78, 5) is 19.9. The van der Waals surface area contributed by atoms with Gasteiger partial charge in [-0.1, -0.05) is 55.4 Å². The molecular formula is C32H55FN5O7PSi2. The van der Waals surface area contributed by atoms with Gasteiger partial charge in [0.05, 0.1) is 38.6 Å². The molecule has 2 unspecified atom stereocenters. The van der Waals surface area contributed by atoms with Gasteiger partial charge >= 0.3 is 17.1 Å². The Labute approximate surface area is 288 Å². The third-order valence-electron chi connectivity index (χ3n) is 9.46. The van der Waals surface area contributed by atoms with Gasteiger partial charge in [0.2, 0.25) is 5.72 Å². The summed E-state index contributed by atoms with van der Waals surface area (Å²) in [6.45, 7) is 25.6. The van der Waals surface area contributed by atoms with Crippen molar-refractivity contribution in [2.75, 3.05) is 19.8 Å². The van der Waals surface area contributed by atoms with E-state index in [0.717, 1.165) is 0 Å². The molecule has 4 rings (SSSR count). The number of hydrogen-bond donors (Lipinski definition) is 1.